The molecule has 46 heavy (non-hydrogen) atoms. The van der Waals surface area contributed by atoms with Crippen molar-refractivity contribution in [3.8, 4) is 0 Å². The van der Waals surface area contributed by atoms with Crippen LogP contribution >= 0.6 is 0 Å². The first-order chi connectivity index (χ1) is 21.9. The molecule has 12 heteroatoms. The van der Waals surface area contributed by atoms with E-state index >= 15 is 0 Å². The molecule has 3 amide bonds. The molecule has 4 rings (SSSR count). The van der Waals surface area contributed by atoms with Gasteiger partial charge < -0.3 is 15.4 Å². The summed E-state index contributed by atoms with van der Waals surface area (Å²) < 4.78 is 33.8. The highest BCUT2D eigenvalue weighted by atomic mass is 19.1. The van der Waals surface area contributed by atoms with Crippen molar-refractivity contribution < 1.29 is 32.7 Å². The first kappa shape index (κ1) is 34.9. The molecule has 250 valence electrons. The number of esters is 1. The summed E-state index contributed by atoms with van der Waals surface area (Å²) in [5.41, 5.74) is 3.89. The zero-order chi connectivity index (χ0) is 33.4. The predicted octanol–water partition coefficient (Wildman–Crippen LogP) is 4.49. The third-order valence-corrected chi connectivity index (χ3v) is 8.74. The molecule has 0 spiro atoms. The van der Waals surface area contributed by atoms with E-state index in [2.05, 4.69) is 16.1 Å². The molecular weight excluding hydrogens is 596 g/mol. The number of hydrogen-bond acceptors (Lipinski definition) is 7. The molecule has 1 aromatic heterocycles. The van der Waals surface area contributed by atoms with Gasteiger partial charge in [0.2, 0.25) is 5.91 Å². The largest absolute Gasteiger partial charge is 0.452 e. The third-order valence-electron chi connectivity index (χ3n) is 8.74. The minimum Gasteiger partial charge on any atom is -0.452 e. The molecule has 0 aliphatic carbocycles. The number of pyridine rings is 1. The second-order valence-corrected chi connectivity index (χ2v) is 12.8. The van der Waals surface area contributed by atoms with Crippen LogP contribution in [0, 0.1) is 11.3 Å². The number of amides is 3. The zero-order valence-electron chi connectivity index (χ0n) is 27.0. The fourth-order valence-electron chi connectivity index (χ4n) is 5.71. The van der Waals surface area contributed by atoms with Crippen LogP contribution in [0.25, 0.3) is 17.0 Å². The van der Waals surface area contributed by atoms with Gasteiger partial charge in [-0.2, -0.15) is 0 Å². The Labute approximate surface area is 268 Å². The van der Waals surface area contributed by atoms with E-state index in [4.69, 9.17) is 9.72 Å². The van der Waals surface area contributed by atoms with E-state index in [0.717, 1.165) is 16.5 Å². The smallest absolute Gasteiger partial charge is 0.306 e. The molecule has 0 unspecified atom stereocenters. The number of carbonyl (C=O) groups excluding carboxylic acids is 4. The van der Waals surface area contributed by atoms with Gasteiger partial charge in [-0.1, -0.05) is 44.2 Å². The van der Waals surface area contributed by atoms with Crippen LogP contribution in [0.5, 0.6) is 0 Å². The van der Waals surface area contributed by atoms with Gasteiger partial charge in [-0.15, -0.1) is 0 Å². The van der Waals surface area contributed by atoms with Gasteiger partial charge in [-0.3, -0.25) is 38.0 Å². The molecule has 2 aromatic rings. The van der Waals surface area contributed by atoms with Crippen molar-refractivity contribution in [3.63, 3.8) is 0 Å². The maximum absolute atomic E-state index is 14.2. The molecule has 0 saturated carbocycles. The summed E-state index contributed by atoms with van der Waals surface area (Å²) in [6.07, 6.45) is 3.81. The number of ether oxygens (including phenoxy) is 1. The number of hydrazine groups is 1. The Morgan fingerprint density at radius 3 is 2.43 bits per heavy atom. The lowest BCUT2D eigenvalue weighted by Gasteiger charge is -2.35. The van der Waals surface area contributed by atoms with Gasteiger partial charge in [0.25, 0.3) is 11.8 Å². The van der Waals surface area contributed by atoms with E-state index in [1.807, 2.05) is 49.4 Å². The summed E-state index contributed by atoms with van der Waals surface area (Å²) in [4.78, 5) is 57.2. The van der Waals surface area contributed by atoms with Gasteiger partial charge in [-0.05, 0) is 69.6 Å². The Morgan fingerprint density at radius 2 is 1.72 bits per heavy atom. The number of hydrogen-bond donors (Lipinski definition) is 3. The van der Waals surface area contributed by atoms with Crippen LogP contribution in [0.15, 0.2) is 36.4 Å². The molecule has 5 bridgehead atoms. The van der Waals surface area contributed by atoms with Gasteiger partial charge in [0.1, 0.15) is 12.1 Å². The van der Waals surface area contributed by atoms with E-state index in [0.29, 0.717) is 31.5 Å². The minimum absolute atomic E-state index is 0.0800. The number of fused-ring (bicyclic) bond motifs is 4. The first-order valence-corrected chi connectivity index (χ1v) is 16.0. The van der Waals surface area contributed by atoms with Crippen molar-refractivity contribution in [1.82, 2.24) is 26.1 Å². The second-order valence-electron chi connectivity index (χ2n) is 12.8. The first-order valence-electron chi connectivity index (χ1n) is 16.0. The lowest BCUT2D eigenvalue weighted by Crippen LogP contribution is -2.61. The summed E-state index contributed by atoms with van der Waals surface area (Å²) in [5.74, 6) is -2.56. The lowest BCUT2D eigenvalue weighted by atomic mass is 9.81. The Morgan fingerprint density at radius 1 is 1.00 bits per heavy atom. The van der Waals surface area contributed by atoms with Crippen molar-refractivity contribution in [2.24, 2.45) is 11.3 Å². The molecule has 3 N–H and O–H groups in total. The fraction of sp³-hybridized carbons (Fsp3) is 0.559. The summed E-state index contributed by atoms with van der Waals surface area (Å²) in [7, 11) is 0. The van der Waals surface area contributed by atoms with Crippen molar-refractivity contribution in [2.45, 2.75) is 90.4 Å². The number of rotatable bonds is 3. The molecule has 10 nitrogen and oxygen atoms in total. The molecule has 2 aliphatic rings. The van der Waals surface area contributed by atoms with E-state index in [1.165, 1.54) is 11.9 Å². The quantitative estimate of drug-likeness (QED) is 0.421. The fourth-order valence-corrected chi connectivity index (χ4v) is 5.71. The Hall–Kier alpha value is -3.93. The van der Waals surface area contributed by atoms with Crippen LogP contribution in [0.3, 0.4) is 0 Å². The van der Waals surface area contributed by atoms with Crippen LogP contribution in [0.2, 0.25) is 0 Å². The summed E-state index contributed by atoms with van der Waals surface area (Å²) >= 11 is 0. The Kier molecular flexibility index (Phi) is 11.8. The number of aromatic nitrogens is 1. The molecule has 1 aromatic carbocycles. The topological polar surface area (TPSA) is 130 Å². The third kappa shape index (κ3) is 8.65. The van der Waals surface area contributed by atoms with Gasteiger partial charge in [-0.25, -0.2) is 5.43 Å². The molecule has 1 saturated heterocycles. The van der Waals surface area contributed by atoms with Gasteiger partial charge >= 0.3 is 5.97 Å². The standard InChI is InChI=1S/C34H45F2N5O5/c1-21(2)30-32(44)38-23(4)33(45)41-17-7-9-27(40-41)31(43)37-22(3)26-13-12-25-11-10-24(18-28(25)39-26)8-5-6-15-34(19-35,20-36)16-14-29(42)46-30/h5,8,10-13,18,21-23,27,30,40H,6-7,9,14-17,19-20H2,1-4H3,(H,37,43)(H,38,44)/b8-5+/t22-,23+,27+,30+/m1/s1. The average Bonchev–Trinajstić information content (AvgIpc) is 3.05. The second kappa shape index (κ2) is 15.6. The van der Waals surface area contributed by atoms with Crippen LogP contribution in [-0.2, 0) is 23.9 Å². The molecule has 3 heterocycles. The Balaban J connectivity index is 1.61. The number of halogens is 2. The summed E-state index contributed by atoms with van der Waals surface area (Å²) in [6.45, 7) is 5.20. The molecule has 0 radical (unpaired) electrons. The van der Waals surface area contributed by atoms with E-state index in [1.54, 1.807) is 13.8 Å². The number of alkyl halides is 2. The highest BCUT2D eigenvalue weighted by Crippen LogP contribution is 2.32. The summed E-state index contributed by atoms with van der Waals surface area (Å²) in [5, 5.41) is 7.86. The SMILES string of the molecule is CC(C)[C@@H]1OC(=O)CCC(CF)(CF)CC/C=C/c2ccc3ccc(nc3c2)[C@@H](C)NC(=O)[C@@H]2CCCN(N2)C(=O)[C@H](C)NC1=O. The maximum Gasteiger partial charge on any atom is 0.306 e. The van der Waals surface area contributed by atoms with E-state index in [-0.39, 0.29) is 25.2 Å². The van der Waals surface area contributed by atoms with Gasteiger partial charge in [0, 0.05) is 23.8 Å². The van der Waals surface area contributed by atoms with Gasteiger partial charge in [0.05, 0.1) is 30.6 Å². The molecule has 4 atom stereocenters. The van der Waals surface area contributed by atoms with Crippen molar-refractivity contribution in [2.75, 3.05) is 19.9 Å². The molecule has 2 aliphatic heterocycles. The molecular formula is C34H45F2N5O5. The normalized spacial score (nSPS) is 26.3. The average molecular weight is 642 g/mol. The van der Waals surface area contributed by atoms with Crippen molar-refractivity contribution >= 4 is 40.7 Å². The number of cyclic esters (lactones) is 1. The number of benzene rings is 1. The molecule has 1 fully saturated rings. The number of nitrogens with one attached hydrogen (secondary N) is 3. The van der Waals surface area contributed by atoms with E-state index < -0.39 is 66.7 Å². The van der Waals surface area contributed by atoms with E-state index in [9.17, 15) is 28.0 Å². The van der Waals surface area contributed by atoms with Crippen LogP contribution in [0.1, 0.15) is 83.5 Å². The van der Waals surface area contributed by atoms with Crippen LogP contribution in [-0.4, -0.2) is 71.8 Å². The highest BCUT2D eigenvalue weighted by molar-refractivity contribution is 5.90. The van der Waals surface area contributed by atoms with Gasteiger partial charge in [0.15, 0.2) is 6.10 Å². The Bertz CT molecular complexity index is 1450. The summed E-state index contributed by atoms with van der Waals surface area (Å²) in [6, 6.07) is 7.49. The monoisotopic (exact) mass is 641 g/mol. The highest BCUT2D eigenvalue weighted by Gasteiger charge is 2.35. The minimum atomic E-state index is -1.36. The van der Waals surface area contributed by atoms with Crippen LogP contribution < -0.4 is 16.1 Å². The predicted molar refractivity (Wildman–Crippen MR) is 170 cm³/mol. The van der Waals surface area contributed by atoms with Crippen LogP contribution in [0.4, 0.5) is 8.78 Å². The zero-order valence-corrected chi connectivity index (χ0v) is 27.0. The maximum atomic E-state index is 14.2. The number of allylic oxidation sites excluding steroid dienone is 1. The van der Waals surface area contributed by atoms with Crippen molar-refractivity contribution in [3.05, 3.63) is 47.7 Å². The number of carbonyl (C=O) groups is 4. The van der Waals surface area contributed by atoms with Crippen molar-refractivity contribution in [1.29, 1.82) is 0 Å². The number of nitrogens with zero attached hydrogens (tertiary/aromatic N) is 2. The lowest BCUT2D eigenvalue weighted by molar-refractivity contribution is -0.160.